The summed E-state index contributed by atoms with van der Waals surface area (Å²) in [5.74, 6) is 0. The van der Waals surface area contributed by atoms with Gasteiger partial charge in [-0.25, -0.2) is 4.98 Å². The second kappa shape index (κ2) is 5.25. The van der Waals surface area contributed by atoms with Gasteiger partial charge in [-0.15, -0.1) is 11.3 Å². The lowest BCUT2D eigenvalue weighted by atomic mass is 9.83. The molecule has 4 heteroatoms. The van der Waals surface area contributed by atoms with Gasteiger partial charge in [0.25, 0.3) is 0 Å². The Morgan fingerprint density at radius 1 is 1.44 bits per heavy atom. The van der Waals surface area contributed by atoms with Gasteiger partial charge in [0.05, 0.1) is 5.69 Å². The van der Waals surface area contributed by atoms with Crippen LogP contribution in [0, 0.1) is 0 Å². The van der Waals surface area contributed by atoms with Crippen LogP contribution < -0.4 is 11.1 Å². The van der Waals surface area contributed by atoms with Crippen molar-refractivity contribution in [3.8, 4) is 0 Å². The van der Waals surface area contributed by atoms with Crippen molar-refractivity contribution in [3.05, 3.63) is 16.1 Å². The van der Waals surface area contributed by atoms with Gasteiger partial charge >= 0.3 is 0 Å². The average Bonchev–Trinajstić information content (AvgIpc) is 2.75. The summed E-state index contributed by atoms with van der Waals surface area (Å²) in [7, 11) is 0. The van der Waals surface area contributed by atoms with Crippen molar-refractivity contribution in [1.29, 1.82) is 0 Å². The molecule has 0 amide bonds. The molecule has 90 valence electrons. The fraction of sp³-hybridized carbons (Fsp3) is 0.750. The summed E-state index contributed by atoms with van der Waals surface area (Å²) in [5, 5.41) is 6.80. The Hall–Kier alpha value is -0.450. The largest absolute Gasteiger partial charge is 0.325 e. The molecular weight excluding hydrogens is 218 g/mol. The predicted octanol–water partition coefficient (Wildman–Crippen LogP) is 2.41. The van der Waals surface area contributed by atoms with E-state index in [2.05, 4.69) is 22.6 Å². The molecule has 1 fully saturated rings. The fourth-order valence-corrected chi connectivity index (χ4v) is 3.01. The normalized spacial score (nSPS) is 19.9. The minimum Gasteiger partial charge on any atom is -0.325 e. The van der Waals surface area contributed by atoms with E-state index < -0.39 is 0 Å². The Bertz CT molecular complexity index is 329. The molecule has 0 spiro atoms. The molecule has 0 unspecified atom stereocenters. The van der Waals surface area contributed by atoms with Crippen LogP contribution in [0.2, 0.25) is 0 Å². The molecule has 1 aromatic heterocycles. The molecule has 1 saturated carbocycles. The minimum atomic E-state index is 0.324. The highest BCUT2D eigenvalue weighted by Gasteiger charge is 2.25. The number of nitrogens with zero attached hydrogens (tertiary/aromatic N) is 1. The molecule has 1 aromatic rings. The maximum Gasteiger partial charge on any atom is 0.106 e. The molecule has 1 heterocycles. The zero-order valence-electron chi connectivity index (χ0n) is 9.96. The van der Waals surface area contributed by atoms with E-state index in [1.54, 1.807) is 11.3 Å². The molecule has 0 bridgehead atoms. The van der Waals surface area contributed by atoms with Crippen LogP contribution in [0.25, 0.3) is 0 Å². The van der Waals surface area contributed by atoms with Crippen molar-refractivity contribution in [2.75, 3.05) is 0 Å². The van der Waals surface area contributed by atoms with Gasteiger partial charge in [-0.05, 0) is 19.8 Å². The number of nitrogens with two attached hydrogens (primary N) is 1. The lowest BCUT2D eigenvalue weighted by Crippen LogP contribution is -2.43. The van der Waals surface area contributed by atoms with Gasteiger partial charge in [-0.1, -0.05) is 19.3 Å². The van der Waals surface area contributed by atoms with E-state index in [-0.39, 0.29) is 0 Å². The summed E-state index contributed by atoms with van der Waals surface area (Å²) in [6.45, 7) is 3.78. The Morgan fingerprint density at radius 3 is 2.81 bits per heavy atom. The summed E-state index contributed by atoms with van der Waals surface area (Å²) >= 11 is 1.66. The Labute approximate surface area is 101 Å². The SMILES string of the molecule is CC1(NCc2csc(CN)n2)CCCCC1. The number of hydrogen-bond donors (Lipinski definition) is 2. The van der Waals surface area contributed by atoms with Crippen LogP contribution in [0.15, 0.2) is 5.38 Å². The van der Waals surface area contributed by atoms with E-state index in [1.807, 2.05) is 0 Å². The van der Waals surface area contributed by atoms with Crippen molar-refractivity contribution in [3.63, 3.8) is 0 Å². The number of hydrogen-bond acceptors (Lipinski definition) is 4. The highest BCUT2D eigenvalue weighted by molar-refractivity contribution is 7.09. The van der Waals surface area contributed by atoms with E-state index in [9.17, 15) is 0 Å². The highest BCUT2D eigenvalue weighted by atomic mass is 32.1. The third-order valence-electron chi connectivity index (χ3n) is 3.43. The molecule has 1 aliphatic rings. The summed E-state index contributed by atoms with van der Waals surface area (Å²) in [5.41, 5.74) is 7.02. The standard InChI is InChI=1S/C12H21N3S/c1-12(5-3-2-4-6-12)14-8-10-9-16-11(7-13)15-10/h9,14H,2-8,13H2,1H3. The molecule has 0 aromatic carbocycles. The predicted molar refractivity (Wildman–Crippen MR) is 68.3 cm³/mol. The molecule has 16 heavy (non-hydrogen) atoms. The monoisotopic (exact) mass is 239 g/mol. The number of rotatable bonds is 4. The van der Waals surface area contributed by atoms with Crippen molar-refractivity contribution in [2.24, 2.45) is 5.73 Å². The van der Waals surface area contributed by atoms with Crippen LogP contribution >= 0.6 is 11.3 Å². The fourth-order valence-electron chi connectivity index (χ4n) is 2.34. The maximum absolute atomic E-state index is 5.56. The van der Waals surface area contributed by atoms with Gasteiger partial charge < -0.3 is 11.1 Å². The van der Waals surface area contributed by atoms with Crippen molar-refractivity contribution < 1.29 is 0 Å². The summed E-state index contributed by atoms with van der Waals surface area (Å²) < 4.78 is 0. The van der Waals surface area contributed by atoms with Crippen LogP contribution in [0.3, 0.4) is 0 Å². The third kappa shape index (κ3) is 3.03. The first-order chi connectivity index (χ1) is 7.72. The van der Waals surface area contributed by atoms with Crippen LogP contribution in [-0.2, 0) is 13.1 Å². The van der Waals surface area contributed by atoms with Gasteiger partial charge in [0, 0.05) is 24.0 Å². The van der Waals surface area contributed by atoms with E-state index >= 15 is 0 Å². The van der Waals surface area contributed by atoms with Crippen LogP contribution in [0.1, 0.15) is 49.7 Å². The number of thiazole rings is 1. The van der Waals surface area contributed by atoms with E-state index in [4.69, 9.17) is 5.73 Å². The summed E-state index contributed by atoms with van der Waals surface area (Å²) in [4.78, 5) is 4.48. The van der Waals surface area contributed by atoms with E-state index in [0.29, 0.717) is 12.1 Å². The first-order valence-corrected chi connectivity index (χ1v) is 6.98. The third-order valence-corrected chi connectivity index (χ3v) is 4.35. The lowest BCUT2D eigenvalue weighted by Gasteiger charge is -2.34. The van der Waals surface area contributed by atoms with Crippen molar-refractivity contribution in [2.45, 2.75) is 57.7 Å². The highest BCUT2D eigenvalue weighted by Crippen LogP contribution is 2.27. The molecule has 0 aliphatic heterocycles. The topological polar surface area (TPSA) is 50.9 Å². The van der Waals surface area contributed by atoms with E-state index in [1.165, 1.54) is 32.1 Å². The quantitative estimate of drug-likeness (QED) is 0.848. The molecule has 2 rings (SSSR count). The summed E-state index contributed by atoms with van der Waals surface area (Å²) in [6, 6.07) is 0. The molecule has 3 N–H and O–H groups in total. The zero-order chi connectivity index (χ0) is 11.4. The van der Waals surface area contributed by atoms with E-state index in [0.717, 1.165) is 17.2 Å². The minimum absolute atomic E-state index is 0.324. The van der Waals surface area contributed by atoms with Gasteiger partial charge in [0.2, 0.25) is 0 Å². The van der Waals surface area contributed by atoms with Crippen LogP contribution in [0.5, 0.6) is 0 Å². The Morgan fingerprint density at radius 2 is 2.19 bits per heavy atom. The summed E-state index contributed by atoms with van der Waals surface area (Å²) in [6.07, 6.45) is 6.69. The van der Waals surface area contributed by atoms with Gasteiger partial charge in [-0.3, -0.25) is 0 Å². The van der Waals surface area contributed by atoms with Gasteiger partial charge in [-0.2, -0.15) is 0 Å². The number of nitrogens with one attached hydrogen (secondary N) is 1. The second-order valence-electron chi connectivity index (χ2n) is 4.91. The molecule has 3 nitrogen and oxygen atoms in total. The molecular formula is C12H21N3S. The molecule has 0 atom stereocenters. The van der Waals surface area contributed by atoms with Gasteiger partial charge in [0.15, 0.2) is 0 Å². The second-order valence-corrected chi connectivity index (χ2v) is 5.85. The maximum atomic E-state index is 5.56. The lowest BCUT2D eigenvalue weighted by molar-refractivity contribution is 0.251. The Balaban J connectivity index is 1.86. The van der Waals surface area contributed by atoms with Crippen LogP contribution in [-0.4, -0.2) is 10.5 Å². The van der Waals surface area contributed by atoms with Gasteiger partial charge in [0.1, 0.15) is 5.01 Å². The van der Waals surface area contributed by atoms with Crippen molar-refractivity contribution in [1.82, 2.24) is 10.3 Å². The first kappa shape index (κ1) is 12.0. The molecule has 0 radical (unpaired) electrons. The average molecular weight is 239 g/mol. The Kier molecular flexibility index (Phi) is 3.95. The zero-order valence-corrected chi connectivity index (χ0v) is 10.8. The van der Waals surface area contributed by atoms with Crippen LogP contribution in [0.4, 0.5) is 0 Å². The van der Waals surface area contributed by atoms with Crippen molar-refractivity contribution >= 4 is 11.3 Å². The molecule has 0 saturated heterocycles. The smallest absolute Gasteiger partial charge is 0.106 e. The first-order valence-electron chi connectivity index (χ1n) is 6.10. The number of aromatic nitrogens is 1. The molecule has 1 aliphatic carbocycles.